The number of benzene rings is 1. The first kappa shape index (κ1) is 17.8. The molecule has 1 N–H and O–H groups in total. The zero-order chi connectivity index (χ0) is 18.5. The summed E-state index contributed by atoms with van der Waals surface area (Å²) in [6.45, 7) is 0.531. The van der Waals surface area contributed by atoms with Crippen molar-refractivity contribution in [3.05, 3.63) is 50.9 Å². The number of amidine groups is 1. The zero-order valence-electron chi connectivity index (χ0n) is 14.5. The summed E-state index contributed by atoms with van der Waals surface area (Å²) in [6, 6.07) is 9.23. The summed E-state index contributed by atoms with van der Waals surface area (Å²) in [4.78, 5) is 22.3. The summed E-state index contributed by atoms with van der Waals surface area (Å²) in [5.41, 5.74) is 0.198. The number of aliphatic imine (C=N–C) groups is 1. The number of rotatable bonds is 2. The number of amides is 1. The van der Waals surface area contributed by atoms with Gasteiger partial charge in [0, 0.05) is 22.6 Å². The molecule has 1 aliphatic carbocycles. The number of thioether (sulfide) groups is 1. The molecule has 1 amide bonds. The molecule has 1 aromatic carbocycles. The van der Waals surface area contributed by atoms with Crippen LogP contribution in [0, 0.1) is 5.92 Å². The second-order valence-corrected chi connectivity index (χ2v) is 10.00. The molecule has 27 heavy (non-hydrogen) atoms. The van der Waals surface area contributed by atoms with Crippen molar-refractivity contribution >= 4 is 50.1 Å². The van der Waals surface area contributed by atoms with Crippen molar-refractivity contribution < 1.29 is 9.53 Å². The van der Waals surface area contributed by atoms with Gasteiger partial charge in [0.25, 0.3) is 5.91 Å². The minimum atomic E-state index is -0.505. The normalized spacial score (nSPS) is 28.3. The highest BCUT2D eigenvalue weighted by molar-refractivity contribution is 9.10. The van der Waals surface area contributed by atoms with Crippen LogP contribution in [0.25, 0.3) is 0 Å². The van der Waals surface area contributed by atoms with Gasteiger partial charge in [-0.15, -0.1) is 11.3 Å². The number of aromatic nitrogens is 1. The SMILES string of the molecule is O=C(NC1=N[C@]2(c3nc(Br)cs3)COC3(CC3)C[C@@H]2CS1)c1ccccc1. The number of nitrogens with zero attached hydrogens (tertiary/aromatic N) is 2. The number of fused-ring (bicyclic) bond motifs is 1. The third-order valence-electron chi connectivity index (χ3n) is 5.53. The monoisotopic (exact) mass is 463 g/mol. The molecule has 0 radical (unpaired) electrons. The first-order chi connectivity index (χ1) is 13.1. The number of thiazole rings is 1. The summed E-state index contributed by atoms with van der Waals surface area (Å²) in [6.07, 6.45) is 3.31. The Labute approximate surface area is 174 Å². The van der Waals surface area contributed by atoms with Gasteiger partial charge in [0.15, 0.2) is 5.17 Å². The smallest absolute Gasteiger partial charge is 0.257 e. The van der Waals surface area contributed by atoms with Gasteiger partial charge >= 0.3 is 0 Å². The molecule has 1 spiro atoms. The lowest BCUT2D eigenvalue weighted by Gasteiger charge is -2.45. The largest absolute Gasteiger partial charge is 0.372 e. The van der Waals surface area contributed by atoms with Gasteiger partial charge < -0.3 is 10.1 Å². The fourth-order valence-corrected chi connectivity index (χ4v) is 6.43. The molecule has 2 aliphatic heterocycles. The van der Waals surface area contributed by atoms with Gasteiger partial charge in [-0.05, 0) is 47.3 Å². The maximum atomic E-state index is 12.6. The van der Waals surface area contributed by atoms with Crippen LogP contribution in [-0.2, 0) is 10.3 Å². The minimum absolute atomic E-state index is 0.0729. The van der Waals surface area contributed by atoms with Gasteiger partial charge in [0.2, 0.25) is 0 Å². The minimum Gasteiger partial charge on any atom is -0.372 e. The molecule has 0 bridgehead atoms. The van der Waals surface area contributed by atoms with Gasteiger partial charge in [-0.25, -0.2) is 9.98 Å². The highest BCUT2D eigenvalue weighted by Crippen LogP contribution is 2.56. The third kappa shape index (κ3) is 3.26. The maximum absolute atomic E-state index is 12.6. The van der Waals surface area contributed by atoms with Crippen LogP contribution in [0.2, 0.25) is 0 Å². The first-order valence-corrected chi connectivity index (χ1v) is 11.6. The molecule has 2 aromatic rings. The first-order valence-electron chi connectivity index (χ1n) is 8.93. The predicted octanol–water partition coefficient (Wildman–Crippen LogP) is 4.20. The lowest BCUT2D eigenvalue weighted by Crippen LogP contribution is -2.51. The van der Waals surface area contributed by atoms with Crippen molar-refractivity contribution in [1.82, 2.24) is 10.3 Å². The summed E-state index contributed by atoms with van der Waals surface area (Å²) >= 11 is 6.70. The highest BCUT2D eigenvalue weighted by atomic mass is 79.9. The molecule has 8 heteroatoms. The third-order valence-corrected chi connectivity index (χ3v) is 8.28. The van der Waals surface area contributed by atoms with Crippen LogP contribution in [0.5, 0.6) is 0 Å². The van der Waals surface area contributed by atoms with Gasteiger partial charge in [-0.3, -0.25) is 4.79 Å². The molecule has 1 aromatic heterocycles. The van der Waals surface area contributed by atoms with E-state index < -0.39 is 5.54 Å². The molecule has 3 heterocycles. The van der Waals surface area contributed by atoms with E-state index in [2.05, 4.69) is 26.2 Å². The topological polar surface area (TPSA) is 63.6 Å². The van der Waals surface area contributed by atoms with Crippen molar-refractivity contribution in [3.63, 3.8) is 0 Å². The number of halogens is 1. The summed E-state index contributed by atoms with van der Waals surface area (Å²) < 4.78 is 7.10. The molecule has 3 aliphatic rings. The highest BCUT2D eigenvalue weighted by Gasteiger charge is 2.58. The Bertz CT molecular complexity index is 913. The van der Waals surface area contributed by atoms with E-state index in [1.54, 1.807) is 35.2 Å². The van der Waals surface area contributed by atoms with Crippen LogP contribution in [-0.4, -0.2) is 34.0 Å². The summed E-state index contributed by atoms with van der Waals surface area (Å²) in [5.74, 6) is 1.15. The van der Waals surface area contributed by atoms with E-state index in [-0.39, 0.29) is 11.5 Å². The molecule has 1 saturated carbocycles. The van der Waals surface area contributed by atoms with Crippen molar-refractivity contribution in [3.8, 4) is 0 Å². The van der Waals surface area contributed by atoms with Gasteiger partial charge in [0.05, 0.1) is 12.2 Å². The van der Waals surface area contributed by atoms with Gasteiger partial charge in [-0.2, -0.15) is 0 Å². The van der Waals surface area contributed by atoms with Crippen LogP contribution in [0.3, 0.4) is 0 Å². The van der Waals surface area contributed by atoms with E-state index in [9.17, 15) is 4.79 Å². The van der Waals surface area contributed by atoms with E-state index in [1.807, 2.05) is 23.6 Å². The van der Waals surface area contributed by atoms with Crippen molar-refractivity contribution in [2.45, 2.75) is 30.4 Å². The lowest BCUT2D eigenvalue weighted by molar-refractivity contribution is -0.0725. The van der Waals surface area contributed by atoms with E-state index in [0.29, 0.717) is 23.3 Å². The Morgan fingerprint density at radius 2 is 2.11 bits per heavy atom. The van der Waals surface area contributed by atoms with Crippen molar-refractivity contribution in [2.24, 2.45) is 10.9 Å². The molecule has 5 nitrogen and oxygen atoms in total. The number of carbonyl (C=O) groups excluding carboxylic acids is 1. The fraction of sp³-hybridized carbons (Fsp3) is 0.421. The van der Waals surface area contributed by atoms with Gasteiger partial charge in [-0.1, -0.05) is 30.0 Å². The molecule has 1 saturated heterocycles. The summed E-state index contributed by atoms with van der Waals surface area (Å²) in [7, 11) is 0. The van der Waals surface area contributed by atoms with E-state index in [0.717, 1.165) is 34.6 Å². The number of hydrogen-bond donors (Lipinski definition) is 1. The van der Waals surface area contributed by atoms with Crippen LogP contribution < -0.4 is 5.32 Å². The number of hydrogen-bond acceptors (Lipinski definition) is 6. The Balaban J connectivity index is 1.47. The molecule has 2 fully saturated rings. The average molecular weight is 464 g/mol. The number of nitrogens with one attached hydrogen (secondary N) is 1. The standard InChI is InChI=1S/C19H18BrN3O2S2/c20-14-10-26-16(21-14)19-11-25-18(6-7-18)8-13(19)9-27-17(23-19)22-15(24)12-4-2-1-3-5-12/h1-5,10,13H,6-9,11H2,(H,22,23,24)/t13-,19-/m1/s1. The van der Waals surface area contributed by atoms with Crippen LogP contribution in [0.1, 0.15) is 34.6 Å². The van der Waals surface area contributed by atoms with Crippen LogP contribution >= 0.6 is 39.0 Å². The predicted molar refractivity (Wildman–Crippen MR) is 111 cm³/mol. The second-order valence-electron chi connectivity index (χ2n) is 7.32. The second kappa shape index (κ2) is 6.69. The number of ether oxygens (including phenoxy) is 1. The molecular formula is C19H18BrN3O2S2. The van der Waals surface area contributed by atoms with E-state index in [1.165, 1.54) is 0 Å². The van der Waals surface area contributed by atoms with E-state index in [4.69, 9.17) is 9.73 Å². The maximum Gasteiger partial charge on any atom is 0.257 e. The molecular weight excluding hydrogens is 446 g/mol. The Kier molecular flexibility index (Phi) is 4.42. The van der Waals surface area contributed by atoms with E-state index >= 15 is 0 Å². The van der Waals surface area contributed by atoms with Crippen LogP contribution in [0.4, 0.5) is 0 Å². The summed E-state index contributed by atoms with van der Waals surface area (Å²) in [5, 5.41) is 6.59. The van der Waals surface area contributed by atoms with Crippen molar-refractivity contribution in [1.29, 1.82) is 0 Å². The van der Waals surface area contributed by atoms with Crippen molar-refractivity contribution in [2.75, 3.05) is 12.4 Å². The zero-order valence-corrected chi connectivity index (χ0v) is 17.7. The quantitative estimate of drug-likeness (QED) is 0.724. The Morgan fingerprint density at radius 1 is 1.30 bits per heavy atom. The lowest BCUT2D eigenvalue weighted by atomic mass is 9.79. The van der Waals surface area contributed by atoms with Crippen LogP contribution in [0.15, 0.2) is 45.3 Å². The fourth-order valence-electron chi connectivity index (χ4n) is 3.82. The molecule has 2 atom stereocenters. The number of carbonyl (C=O) groups is 1. The average Bonchev–Trinajstić information content (AvgIpc) is 3.29. The molecule has 0 unspecified atom stereocenters. The Hall–Kier alpha value is -1.22. The molecule has 140 valence electrons. The Morgan fingerprint density at radius 3 is 2.81 bits per heavy atom. The van der Waals surface area contributed by atoms with Gasteiger partial charge in [0.1, 0.15) is 15.1 Å². The molecule has 5 rings (SSSR count).